The van der Waals surface area contributed by atoms with Crippen LogP contribution in [0.5, 0.6) is 0 Å². The zero-order valence-corrected chi connectivity index (χ0v) is 12.8. The van der Waals surface area contributed by atoms with Crippen molar-refractivity contribution in [2.45, 2.75) is 0 Å². The molecule has 0 aromatic heterocycles. The highest BCUT2D eigenvalue weighted by molar-refractivity contribution is 7.98. The van der Waals surface area contributed by atoms with Crippen LogP contribution >= 0.6 is 24.0 Å². The molecule has 0 bridgehead atoms. The zero-order valence-electron chi connectivity index (χ0n) is 11.2. The van der Waals surface area contributed by atoms with E-state index in [0.29, 0.717) is 17.2 Å². The van der Waals surface area contributed by atoms with Crippen molar-refractivity contribution in [3.05, 3.63) is 29.8 Å². The van der Waals surface area contributed by atoms with E-state index >= 15 is 0 Å². The highest BCUT2D eigenvalue weighted by atomic mass is 32.2. The van der Waals surface area contributed by atoms with E-state index in [1.807, 2.05) is 30.1 Å². The monoisotopic (exact) mass is 297 g/mol. The molecule has 1 amide bonds. The van der Waals surface area contributed by atoms with Crippen molar-refractivity contribution in [1.29, 1.82) is 0 Å². The van der Waals surface area contributed by atoms with Crippen LogP contribution in [-0.2, 0) is 4.79 Å². The van der Waals surface area contributed by atoms with E-state index < -0.39 is 0 Å². The fourth-order valence-electron chi connectivity index (χ4n) is 1.52. The molecular formula is C13H19N3OS2. The molecule has 1 rings (SSSR count). The van der Waals surface area contributed by atoms with Crippen LogP contribution < -0.4 is 11.1 Å². The second kappa shape index (κ2) is 8.14. The minimum absolute atomic E-state index is 0.0382. The summed E-state index contributed by atoms with van der Waals surface area (Å²) in [6, 6.07) is 7.24. The molecule has 0 saturated heterocycles. The molecule has 0 fully saturated rings. The van der Waals surface area contributed by atoms with Gasteiger partial charge in [-0.2, -0.15) is 11.8 Å². The number of likely N-dealkylation sites (N-methyl/N-ethyl adjacent to an activating group) is 1. The average Bonchev–Trinajstić information content (AvgIpc) is 2.36. The van der Waals surface area contributed by atoms with Gasteiger partial charge in [0, 0.05) is 23.5 Å². The van der Waals surface area contributed by atoms with E-state index in [4.69, 9.17) is 18.0 Å². The summed E-state index contributed by atoms with van der Waals surface area (Å²) in [5.74, 6) is 0.976. The van der Waals surface area contributed by atoms with Gasteiger partial charge in [-0.25, -0.2) is 0 Å². The molecule has 0 atom stereocenters. The van der Waals surface area contributed by atoms with Crippen LogP contribution in [0.2, 0.25) is 0 Å². The van der Waals surface area contributed by atoms with E-state index in [0.717, 1.165) is 17.9 Å². The van der Waals surface area contributed by atoms with Gasteiger partial charge in [0.25, 0.3) is 0 Å². The maximum absolute atomic E-state index is 11.8. The van der Waals surface area contributed by atoms with Crippen molar-refractivity contribution in [3.63, 3.8) is 0 Å². The Labute approximate surface area is 123 Å². The predicted molar refractivity (Wildman–Crippen MR) is 86.8 cm³/mol. The van der Waals surface area contributed by atoms with Crippen LogP contribution in [0.3, 0.4) is 0 Å². The van der Waals surface area contributed by atoms with Gasteiger partial charge in [0.1, 0.15) is 4.99 Å². The van der Waals surface area contributed by atoms with E-state index in [-0.39, 0.29) is 5.91 Å². The van der Waals surface area contributed by atoms with E-state index in [2.05, 4.69) is 11.6 Å². The Morgan fingerprint density at radius 2 is 2.26 bits per heavy atom. The van der Waals surface area contributed by atoms with Crippen molar-refractivity contribution >= 4 is 40.6 Å². The summed E-state index contributed by atoms with van der Waals surface area (Å²) in [6.07, 6.45) is 2.05. The predicted octanol–water partition coefficient (Wildman–Crippen LogP) is 1.55. The number of nitrogens with zero attached hydrogens (tertiary/aromatic N) is 1. The van der Waals surface area contributed by atoms with Crippen molar-refractivity contribution in [1.82, 2.24) is 4.90 Å². The SMILES string of the molecule is CSCCN(C)CC(=O)Nc1cccc(C(N)=S)c1. The maximum Gasteiger partial charge on any atom is 0.238 e. The number of hydrogen-bond acceptors (Lipinski definition) is 4. The number of carbonyl (C=O) groups excluding carboxylic acids is 1. The van der Waals surface area contributed by atoms with Gasteiger partial charge in [-0.05, 0) is 25.4 Å². The standard InChI is InChI=1S/C13H19N3OS2/c1-16(6-7-19-2)9-12(17)15-11-5-3-4-10(8-11)13(14)18/h3-5,8H,6-7,9H2,1-2H3,(H2,14,18)(H,15,17). The van der Waals surface area contributed by atoms with Gasteiger partial charge in [0.05, 0.1) is 6.54 Å². The topological polar surface area (TPSA) is 58.4 Å². The zero-order chi connectivity index (χ0) is 14.3. The highest BCUT2D eigenvalue weighted by Gasteiger charge is 2.07. The molecule has 104 valence electrons. The summed E-state index contributed by atoms with van der Waals surface area (Å²) in [5, 5.41) is 2.84. The number of hydrogen-bond donors (Lipinski definition) is 2. The lowest BCUT2D eigenvalue weighted by atomic mass is 10.2. The van der Waals surface area contributed by atoms with Crippen LogP contribution in [0, 0.1) is 0 Å². The second-order valence-corrected chi connectivity index (χ2v) is 5.65. The van der Waals surface area contributed by atoms with Crippen molar-refractivity contribution in [2.24, 2.45) is 5.73 Å². The first-order valence-electron chi connectivity index (χ1n) is 5.90. The van der Waals surface area contributed by atoms with Crippen LogP contribution in [0.25, 0.3) is 0 Å². The number of nitrogens with one attached hydrogen (secondary N) is 1. The van der Waals surface area contributed by atoms with Crippen molar-refractivity contribution in [3.8, 4) is 0 Å². The summed E-state index contributed by atoms with van der Waals surface area (Å²) < 4.78 is 0. The molecule has 0 heterocycles. The highest BCUT2D eigenvalue weighted by Crippen LogP contribution is 2.10. The molecule has 6 heteroatoms. The molecule has 0 spiro atoms. The number of thiocarbonyl (C=S) groups is 1. The molecule has 0 unspecified atom stereocenters. The quantitative estimate of drug-likeness (QED) is 0.748. The molecular weight excluding hydrogens is 278 g/mol. The number of nitrogens with two attached hydrogens (primary N) is 1. The lowest BCUT2D eigenvalue weighted by Gasteiger charge is -2.15. The third-order valence-electron chi connectivity index (χ3n) is 2.52. The van der Waals surface area contributed by atoms with Gasteiger partial charge >= 0.3 is 0 Å². The molecule has 19 heavy (non-hydrogen) atoms. The average molecular weight is 297 g/mol. The van der Waals surface area contributed by atoms with Gasteiger partial charge in [-0.15, -0.1) is 0 Å². The minimum Gasteiger partial charge on any atom is -0.389 e. The Morgan fingerprint density at radius 3 is 2.89 bits per heavy atom. The Bertz CT molecular complexity index is 451. The molecule has 0 aliphatic heterocycles. The first-order chi connectivity index (χ1) is 9.02. The molecule has 1 aromatic carbocycles. The summed E-state index contributed by atoms with van der Waals surface area (Å²) in [7, 11) is 1.93. The summed E-state index contributed by atoms with van der Waals surface area (Å²) >= 11 is 6.67. The summed E-state index contributed by atoms with van der Waals surface area (Å²) in [5.41, 5.74) is 7.03. The third kappa shape index (κ3) is 6.04. The smallest absolute Gasteiger partial charge is 0.238 e. The van der Waals surface area contributed by atoms with Gasteiger partial charge in [0.2, 0.25) is 5.91 Å². The van der Waals surface area contributed by atoms with Gasteiger partial charge in [-0.3, -0.25) is 9.69 Å². The molecule has 3 N–H and O–H groups in total. The van der Waals surface area contributed by atoms with Crippen LogP contribution in [-0.4, -0.2) is 47.9 Å². The number of amides is 1. The molecule has 1 aromatic rings. The molecule has 0 saturated carbocycles. The largest absolute Gasteiger partial charge is 0.389 e. The Hall–Kier alpha value is -1.11. The number of anilines is 1. The van der Waals surface area contributed by atoms with Crippen molar-refractivity contribution in [2.75, 3.05) is 37.5 Å². The first-order valence-corrected chi connectivity index (χ1v) is 7.70. The third-order valence-corrected chi connectivity index (χ3v) is 3.35. The second-order valence-electron chi connectivity index (χ2n) is 4.22. The van der Waals surface area contributed by atoms with Gasteiger partial charge in [-0.1, -0.05) is 24.4 Å². The normalized spacial score (nSPS) is 10.5. The fourth-order valence-corrected chi connectivity index (χ4v) is 2.14. The van der Waals surface area contributed by atoms with E-state index in [1.54, 1.807) is 17.8 Å². The van der Waals surface area contributed by atoms with E-state index in [1.165, 1.54) is 0 Å². The van der Waals surface area contributed by atoms with Gasteiger partial charge < -0.3 is 11.1 Å². The number of carbonyl (C=O) groups is 1. The molecule has 0 aliphatic carbocycles. The minimum atomic E-state index is -0.0382. The number of thioether (sulfide) groups is 1. The van der Waals surface area contributed by atoms with Crippen molar-refractivity contribution < 1.29 is 4.79 Å². The fraction of sp³-hybridized carbons (Fsp3) is 0.385. The van der Waals surface area contributed by atoms with Crippen LogP contribution in [0.15, 0.2) is 24.3 Å². The summed E-state index contributed by atoms with van der Waals surface area (Å²) in [6.45, 7) is 1.26. The Balaban J connectivity index is 2.52. The maximum atomic E-state index is 11.8. The Morgan fingerprint density at radius 1 is 1.53 bits per heavy atom. The number of rotatable bonds is 7. The molecule has 4 nitrogen and oxygen atoms in total. The number of benzene rings is 1. The molecule has 0 aliphatic rings. The Kier molecular flexibility index (Phi) is 6.83. The first kappa shape index (κ1) is 15.9. The summed E-state index contributed by atoms with van der Waals surface area (Å²) in [4.78, 5) is 14.2. The lowest BCUT2D eigenvalue weighted by Crippen LogP contribution is -2.31. The van der Waals surface area contributed by atoms with E-state index in [9.17, 15) is 4.79 Å². The van der Waals surface area contributed by atoms with Gasteiger partial charge in [0.15, 0.2) is 0 Å². The lowest BCUT2D eigenvalue weighted by molar-refractivity contribution is -0.117. The van der Waals surface area contributed by atoms with Crippen LogP contribution in [0.4, 0.5) is 5.69 Å². The molecule has 0 radical (unpaired) electrons. The van der Waals surface area contributed by atoms with Crippen LogP contribution in [0.1, 0.15) is 5.56 Å².